The van der Waals surface area contributed by atoms with Crippen LogP contribution in [0.2, 0.25) is 10.0 Å². The third-order valence-corrected chi connectivity index (χ3v) is 6.12. The van der Waals surface area contributed by atoms with E-state index in [4.69, 9.17) is 23.2 Å². The largest absolute Gasteiger partial charge is 0.324 e. The van der Waals surface area contributed by atoms with Crippen LogP contribution in [0.15, 0.2) is 53.5 Å². The zero-order valence-corrected chi connectivity index (χ0v) is 18.7. The van der Waals surface area contributed by atoms with Crippen molar-refractivity contribution in [1.29, 1.82) is 0 Å². The van der Waals surface area contributed by atoms with Crippen molar-refractivity contribution in [2.45, 2.75) is 32.2 Å². The van der Waals surface area contributed by atoms with Crippen molar-refractivity contribution in [1.82, 2.24) is 19.6 Å². The third-order valence-electron chi connectivity index (χ3n) is 5.48. The van der Waals surface area contributed by atoms with Crippen molar-refractivity contribution >= 4 is 45.7 Å². The second-order valence-electron chi connectivity index (χ2n) is 7.93. The molecule has 1 N–H and O–H groups in total. The molecule has 32 heavy (non-hydrogen) atoms. The highest BCUT2D eigenvalue weighted by Crippen LogP contribution is 2.41. The number of aromatic nitrogens is 4. The van der Waals surface area contributed by atoms with E-state index < -0.39 is 0 Å². The monoisotopic (exact) mass is 467 g/mol. The Balaban J connectivity index is 1.55. The standard InChI is InChI=1S/C23H19Cl2N5O2/c1-13-5-8-16(10-19(13)25)27-20(31)12-29-23(32)22-18(21(28-29)14-6-7-14)11-26-30(22)17-4-2-3-15(24)9-17/h2-5,8-11,14H,6-7,12H2,1H3,(H,27,31). The summed E-state index contributed by atoms with van der Waals surface area (Å²) in [5.74, 6) is -0.102. The molecule has 9 heteroatoms. The second-order valence-corrected chi connectivity index (χ2v) is 8.78. The van der Waals surface area contributed by atoms with Crippen molar-refractivity contribution in [2.24, 2.45) is 0 Å². The summed E-state index contributed by atoms with van der Waals surface area (Å²) >= 11 is 12.3. The fourth-order valence-corrected chi connectivity index (χ4v) is 4.03. The number of halogens is 2. The average molecular weight is 468 g/mol. The molecule has 5 rings (SSSR count). The minimum absolute atomic E-state index is 0.222. The number of carbonyl (C=O) groups is 1. The summed E-state index contributed by atoms with van der Waals surface area (Å²) in [4.78, 5) is 26.1. The molecule has 0 atom stereocenters. The topological polar surface area (TPSA) is 81.8 Å². The van der Waals surface area contributed by atoms with E-state index in [0.717, 1.165) is 24.1 Å². The van der Waals surface area contributed by atoms with Gasteiger partial charge in [0.15, 0.2) is 0 Å². The normalized spacial score (nSPS) is 13.5. The van der Waals surface area contributed by atoms with Crippen molar-refractivity contribution in [3.05, 3.63) is 80.3 Å². The number of fused-ring (bicyclic) bond motifs is 1. The van der Waals surface area contributed by atoms with Gasteiger partial charge in [0.25, 0.3) is 5.56 Å². The molecule has 2 aromatic heterocycles. The molecule has 2 heterocycles. The lowest BCUT2D eigenvalue weighted by Crippen LogP contribution is -2.31. The van der Waals surface area contributed by atoms with Gasteiger partial charge in [0.2, 0.25) is 5.91 Å². The van der Waals surface area contributed by atoms with Crippen LogP contribution in [0.3, 0.4) is 0 Å². The molecule has 0 bridgehead atoms. The van der Waals surface area contributed by atoms with E-state index in [9.17, 15) is 9.59 Å². The molecule has 0 saturated heterocycles. The smallest absolute Gasteiger partial charge is 0.293 e. The molecule has 2 aromatic carbocycles. The molecule has 162 valence electrons. The van der Waals surface area contributed by atoms with Crippen LogP contribution in [0.25, 0.3) is 16.6 Å². The fraction of sp³-hybridized carbons (Fsp3) is 0.217. The summed E-state index contributed by atoms with van der Waals surface area (Å²) in [5, 5.41) is 13.6. The van der Waals surface area contributed by atoms with Gasteiger partial charge in [-0.15, -0.1) is 0 Å². The van der Waals surface area contributed by atoms with E-state index >= 15 is 0 Å². The van der Waals surface area contributed by atoms with Crippen LogP contribution < -0.4 is 10.9 Å². The van der Waals surface area contributed by atoms with E-state index in [1.165, 1.54) is 4.68 Å². The lowest BCUT2D eigenvalue weighted by molar-refractivity contribution is -0.117. The van der Waals surface area contributed by atoms with Gasteiger partial charge in [0.1, 0.15) is 12.1 Å². The SMILES string of the molecule is Cc1ccc(NC(=O)Cn2nc(C3CC3)c3cnn(-c4cccc(Cl)c4)c3c2=O)cc1Cl. The van der Waals surface area contributed by atoms with Gasteiger partial charge in [-0.25, -0.2) is 9.36 Å². The number of amides is 1. The van der Waals surface area contributed by atoms with Gasteiger partial charge in [0.05, 0.1) is 17.6 Å². The van der Waals surface area contributed by atoms with E-state index in [-0.39, 0.29) is 23.9 Å². The Bertz CT molecular complexity index is 1420. The first-order valence-electron chi connectivity index (χ1n) is 10.2. The number of hydrogen-bond acceptors (Lipinski definition) is 4. The van der Waals surface area contributed by atoms with Crippen LogP contribution in [0.1, 0.15) is 30.0 Å². The highest BCUT2D eigenvalue weighted by Gasteiger charge is 2.30. The van der Waals surface area contributed by atoms with Gasteiger partial charge >= 0.3 is 0 Å². The number of aryl methyl sites for hydroxylation is 1. The zero-order valence-electron chi connectivity index (χ0n) is 17.2. The van der Waals surface area contributed by atoms with Gasteiger partial charge in [-0.1, -0.05) is 35.3 Å². The van der Waals surface area contributed by atoms with E-state index in [2.05, 4.69) is 15.5 Å². The number of carbonyl (C=O) groups excluding carboxylic acids is 1. The van der Waals surface area contributed by atoms with Gasteiger partial charge in [0, 0.05) is 27.0 Å². The van der Waals surface area contributed by atoms with Crippen LogP contribution >= 0.6 is 23.2 Å². The molecular weight excluding hydrogens is 449 g/mol. The Morgan fingerprint density at radius 1 is 1.19 bits per heavy atom. The summed E-state index contributed by atoms with van der Waals surface area (Å²) in [6.07, 6.45) is 3.66. The van der Waals surface area contributed by atoms with Crippen molar-refractivity contribution in [3.63, 3.8) is 0 Å². The number of nitrogens with one attached hydrogen (secondary N) is 1. The fourth-order valence-electron chi connectivity index (χ4n) is 3.67. The summed E-state index contributed by atoms with van der Waals surface area (Å²) in [5.41, 5.74) is 2.93. The molecule has 1 fully saturated rings. The maximum atomic E-state index is 13.4. The highest BCUT2D eigenvalue weighted by molar-refractivity contribution is 6.31. The van der Waals surface area contributed by atoms with Crippen LogP contribution in [0.5, 0.6) is 0 Å². The van der Waals surface area contributed by atoms with Crippen LogP contribution in [-0.4, -0.2) is 25.5 Å². The predicted octanol–water partition coefficient (Wildman–Crippen LogP) is 4.71. The number of hydrogen-bond donors (Lipinski definition) is 1. The number of anilines is 1. The Morgan fingerprint density at radius 2 is 2.00 bits per heavy atom. The Labute approximate surface area is 193 Å². The van der Waals surface area contributed by atoms with Crippen molar-refractivity contribution < 1.29 is 4.79 Å². The van der Waals surface area contributed by atoms with Gasteiger partial charge in [-0.05, 0) is 55.7 Å². The second kappa shape index (κ2) is 8.07. The molecule has 1 amide bonds. The lowest BCUT2D eigenvalue weighted by atomic mass is 10.2. The predicted molar refractivity (Wildman–Crippen MR) is 125 cm³/mol. The summed E-state index contributed by atoms with van der Waals surface area (Å²) < 4.78 is 2.77. The first-order valence-corrected chi connectivity index (χ1v) is 11.0. The molecule has 0 aliphatic heterocycles. The molecular formula is C23H19Cl2N5O2. The average Bonchev–Trinajstić information content (AvgIpc) is 3.50. The molecule has 1 aliphatic rings. The van der Waals surface area contributed by atoms with Crippen molar-refractivity contribution in [3.8, 4) is 5.69 Å². The Kier molecular flexibility index (Phi) is 5.23. The van der Waals surface area contributed by atoms with Crippen molar-refractivity contribution in [2.75, 3.05) is 5.32 Å². The van der Waals surface area contributed by atoms with E-state index in [0.29, 0.717) is 32.3 Å². The quantitative estimate of drug-likeness (QED) is 0.460. The maximum absolute atomic E-state index is 13.4. The van der Waals surface area contributed by atoms with Gasteiger partial charge < -0.3 is 5.32 Å². The number of benzene rings is 2. The third kappa shape index (κ3) is 3.89. The highest BCUT2D eigenvalue weighted by atomic mass is 35.5. The molecule has 0 spiro atoms. The molecule has 1 aliphatic carbocycles. The minimum Gasteiger partial charge on any atom is -0.324 e. The maximum Gasteiger partial charge on any atom is 0.293 e. The Hall–Kier alpha value is -3.16. The number of nitrogens with zero attached hydrogens (tertiary/aromatic N) is 4. The first kappa shape index (κ1) is 20.7. The van der Waals surface area contributed by atoms with Crippen LogP contribution in [0.4, 0.5) is 5.69 Å². The minimum atomic E-state index is -0.390. The molecule has 0 unspecified atom stereocenters. The van der Waals surface area contributed by atoms with Gasteiger partial charge in [-0.3, -0.25) is 9.59 Å². The lowest BCUT2D eigenvalue weighted by Gasteiger charge is -2.11. The summed E-state index contributed by atoms with van der Waals surface area (Å²) in [6, 6.07) is 12.4. The van der Waals surface area contributed by atoms with E-state index in [1.807, 2.05) is 19.1 Å². The summed E-state index contributed by atoms with van der Waals surface area (Å²) in [7, 11) is 0. The zero-order chi connectivity index (χ0) is 22.4. The molecule has 4 aromatic rings. The van der Waals surface area contributed by atoms with Crippen LogP contribution in [0, 0.1) is 6.92 Å². The Morgan fingerprint density at radius 3 is 2.72 bits per heavy atom. The molecule has 1 saturated carbocycles. The summed E-state index contributed by atoms with van der Waals surface area (Å²) in [6.45, 7) is 1.66. The van der Waals surface area contributed by atoms with Gasteiger partial charge in [-0.2, -0.15) is 10.2 Å². The first-order chi connectivity index (χ1) is 15.4. The number of rotatable bonds is 5. The van der Waals surface area contributed by atoms with Crippen LogP contribution in [-0.2, 0) is 11.3 Å². The molecule has 7 nitrogen and oxygen atoms in total. The molecule has 0 radical (unpaired) electrons. The van der Waals surface area contributed by atoms with E-state index in [1.54, 1.807) is 41.2 Å².